The molecule has 1 N–H and O–H groups in total. The molecule has 0 heterocycles. The second-order valence-electron chi connectivity index (χ2n) is 7.02. The quantitative estimate of drug-likeness (QED) is 0.794. The standard InChI is InChI=1S/C19H23FN2O3/c1-24-22-18(23)15-9-14(13-5-6-13)17(10-16(15)20)25-12-19(11-21)7-3-2-4-8-19/h9-10,13H,2-8,12H2,1H3,(H,22,23). The summed E-state index contributed by atoms with van der Waals surface area (Å²) in [6.45, 7) is 0.270. The Morgan fingerprint density at radius 3 is 2.68 bits per heavy atom. The number of nitriles is 1. The van der Waals surface area contributed by atoms with Gasteiger partial charge in [-0.1, -0.05) is 19.3 Å². The van der Waals surface area contributed by atoms with Crippen molar-refractivity contribution in [1.29, 1.82) is 5.26 Å². The second kappa shape index (κ2) is 7.40. The molecule has 0 saturated heterocycles. The Morgan fingerprint density at radius 2 is 2.08 bits per heavy atom. The monoisotopic (exact) mass is 346 g/mol. The number of amides is 1. The van der Waals surface area contributed by atoms with Gasteiger partial charge in [0.2, 0.25) is 0 Å². The van der Waals surface area contributed by atoms with Crippen LogP contribution in [0.2, 0.25) is 0 Å². The smallest absolute Gasteiger partial charge is 0.277 e. The van der Waals surface area contributed by atoms with E-state index in [1.807, 2.05) is 0 Å². The number of hydroxylamine groups is 1. The zero-order valence-electron chi connectivity index (χ0n) is 14.4. The van der Waals surface area contributed by atoms with Crippen LogP contribution in [0, 0.1) is 22.6 Å². The van der Waals surface area contributed by atoms with Crippen LogP contribution in [-0.2, 0) is 4.84 Å². The molecule has 2 aliphatic rings. The first-order valence-corrected chi connectivity index (χ1v) is 8.79. The summed E-state index contributed by atoms with van der Waals surface area (Å²) in [5.74, 6) is -0.527. The number of carbonyl (C=O) groups is 1. The molecule has 0 radical (unpaired) electrons. The Labute approximate surface area is 147 Å². The SMILES string of the molecule is CONC(=O)c1cc(C2CC2)c(OCC2(C#N)CCCCC2)cc1F. The second-order valence-corrected chi connectivity index (χ2v) is 7.02. The topological polar surface area (TPSA) is 71.3 Å². The number of nitrogens with zero attached hydrogens (tertiary/aromatic N) is 1. The molecule has 1 aromatic rings. The summed E-state index contributed by atoms with van der Waals surface area (Å²) in [6, 6.07) is 5.24. The van der Waals surface area contributed by atoms with E-state index < -0.39 is 17.1 Å². The van der Waals surface area contributed by atoms with Crippen LogP contribution < -0.4 is 10.2 Å². The number of hydrogen-bond acceptors (Lipinski definition) is 4. The summed E-state index contributed by atoms with van der Waals surface area (Å²) in [5, 5.41) is 9.57. The van der Waals surface area contributed by atoms with E-state index in [4.69, 9.17) is 4.74 Å². The zero-order chi connectivity index (χ0) is 17.9. The van der Waals surface area contributed by atoms with Crippen molar-refractivity contribution < 1.29 is 18.8 Å². The highest BCUT2D eigenvalue weighted by Crippen LogP contribution is 2.46. The molecule has 2 fully saturated rings. The highest BCUT2D eigenvalue weighted by atomic mass is 19.1. The van der Waals surface area contributed by atoms with Crippen LogP contribution >= 0.6 is 0 Å². The summed E-state index contributed by atoms with van der Waals surface area (Å²) in [4.78, 5) is 16.5. The average Bonchev–Trinajstić information content (AvgIpc) is 3.46. The maximum absolute atomic E-state index is 14.4. The van der Waals surface area contributed by atoms with Crippen molar-refractivity contribution in [2.24, 2.45) is 5.41 Å². The maximum Gasteiger partial charge on any atom is 0.277 e. The summed E-state index contributed by atoms with van der Waals surface area (Å²) < 4.78 is 20.3. The Kier molecular flexibility index (Phi) is 5.24. The van der Waals surface area contributed by atoms with E-state index in [1.165, 1.54) is 13.2 Å². The molecule has 2 aliphatic carbocycles. The van der Waals surface area contributed by atoms with E-state index >= 15 is 0 Å². The van der Waals surface area contributed by atoms with Crippen molar-refractivity contribution in [3.63, 3.8) is 0 Å². The molecular formula is C19H23FN2O3. The van der Waals surface area contributed by atoms with Gasteiger partial charge in [-0.05, 0) is 43.2 Å². The Hall–Kier alpha value is -2.13. The fourth-order valence-corrected chi connectivity index (χ4v) is 3.46. The Bertz CT molecular complexity index is 689. The van der Waals surface area contributed by atoms with Gasteiger partial charge < -0.3 is 4.74 Å². The third kappa shape index (κ3) is 3.93. The maximum atomic E-state index is 14.4. The first-order chi connectivity index (χ1) is 12.1. The van der Waals surface area contributed by atoms with Gasteiger partial charge in [0.25, 0.3) is 5.91 Å². The lowest BCUT2D eigenvalue weighted by Gasteiger charge is -2.30. The van der Waals surface area contributed by atoms with Gasteiger partial charge in [-0.25, -0.2) is 9.87 Å². The van der Waals surface area contributed by atoms with E-state index in [0.29, 0.717) is 5.75 Å². The molecule has 0 spiro atoms. The van der Waals surface area contributed by atoms with Crippen molar-refractivity contribution in [3.8, 4) is 11.8 Å². The largest absolute Gasteiger partial charge is 0.492 e. The third-order valence-corrected chi connectivity index (χ3v) is 5.11. The van der Waals surface area contributed by atoms with E-state index in [9.17, 15) is 14.4 Å². The zero-order valence-corrected chi connectivity index (χ0v) is 14.4. The summed E-state index contributed by atoms with van der Waals surface area (Å²) in [7, 11) is 1.31. The lowest BCUT2D eigenvalue weighted by Crippen LogP contribution is -2.29. The van der Waals surface area contributed by atoms with Gasteiger partial charge in [0.1, 0.15) is 18.2 Å². The molecule has 1 aromatic carbocycles. The molecule has 0 aliphatic heterocycles. The molecule has 25 heavy (non-hydrogen) atoms. The van der Waals surface area contributed by atoms with Crippen LogP contribution in [0.5, 0.6) is 5.75 Å². The van der Waals surface area contributed by atoms with Crippen LogP contribution in [0.4, 0.5) is 4.39 Å². The van der Waals surface area contributed by atoms with Crippen LogP contribution in [0.3, 0.4) is 0 Å². The van der Waals surface area contributed by atoms with Crippen molar-refractivity contribution in [2.75, 3.05) is 13.7 Å². The number of nitrogens with one attached hydrogen (secondary N) is 1. The number of rotatable bonds is 6. The Balaban J connectivity index is 1.82. The van der Waals surface area contributed by atoms with Gasteiger partial charge >= 0.3 is 0 Å². The van der Waals surface area contributed by atoms with Crippen LogP contribution in [0.1, 0.15) is 66.8 Å². The van der Waals surface area contributed by atoms with Crippen LogP contribution in [0.25, 0.3) is 0 Å². The summed E-state index contributed by atoms with van der Waals surface area (Å²) >= 11 is 0. The fraction of sp³-hybridized carbons (Fsp3) is 0.579. The van der Waals surface area contributed by atoms with Gasteiger partial charge in [-0.2, -0.15) is 5.26 Å². The van der Waals surface area contributed by atoms with Gasteiger partial charge in [-0.15, -0.1) is 0 Å². The fourth-order valence-electron chi connectivity index (χ4n) is 3.46. The minimum absolute atomic E-state index is 0.0521. The molecule has 134 valence electrons. The predicted molar refractivity (Wildman–Crippen MR) is 89.5 cm³/mol. The number of benzene rings is 1. The lowest BCUT2D eigenvalue weighted by atomic mass is 9.76. The van der Waals surface area contributed by atoms with Gasteiger partial charge in [0, 0.05) is 6.07 Å². The van der Waals surface area contributed by atoms with Crippen LogP contribution in [0.15, 0.2) is 12.1 Å². The molecule has 2 saturated carbocycles. The van der Waals surface area contributed by atoms with Gasteiger partial charge in [-0.3, -0.25) is 9.63 Å². The number of ether oxygens (including phenoxy) is 1. The van der Waals surface area contributed by atoms with Crippen molar-refractivity contribution >= 4 is 5.91 Å². The Morgan fingerprint density at radius 1 is 1.36 bits per heavy atom. The first-order valence-electron chi connectivity index (χ1n) is 8.79. The van der Waals surface area contributed by atoms with Crippen molar-refractivity contribution in [3.05, 3.63) is 29.1 Å². The van der Waals surface area contributed by atoms with Crippen LogP contribution in [-0.4, -0.2) is 19.6 Å². The molecule has 0 aromatic heterocycles. The van der Waals surface area contributed by atoms with E-state index in [0.717, 1.165) is 50.5 Å². The molecular weight excluding hydrogens is 323 g/mol. The normalized spacial score (nSPS) is 19.1. The van der Waals surface area contributed by atoms with Crippen molar-refractivity contribution in [2.45, 2.75) is 50.9 Å². The third-order valence-electron chi connectivity index (χ3n) is 5.11. The van der Waals surface area contributed by atoms with E-state index in [2.05, 4.69) is 16.4 Å². The molecule has 6 heteroatoms. The predicted octanol–water partition coefficient (Wildman–Crippen LogP) is 3.85. The summed E-state index contributed by atoms with van der Waals surface area (Å²) in [5.41, 5.74) is 2.45. The molecule has 0 atom stereocenters. The molecule has 1 amide bonds. The molecule has 3 rings (SSSR count). The number of hydrogen-bond donors (Lipinski definition) is 1. The summed E-state index contributed by atoms with van der Waals surface area (Å²) in [6.07, 6.45) is 6.83. The first kappa shape index (κ1) is 17.7. The van der Waals surface area contributed by atoms with Gasteiger partial charge in [0.15, 0.2) is 0 Å². The number of carbonyl (C=O) groups excluding carboxylic acids is 1. The number of halogens is 1. The van der Waals surface area contributed by atoms with Crippen molar-refractivity contribution in [1.82, 2.24) is 5.48 Å². The minimum atomic E-state index is -0.649. The van der Waals surface area contributed by atoms with E-state index in [-0.39, 0.29) is 18.1 Å². The highest BCUT2D eigenvalue weighted by molar-refractivity contribution is 5.94. The van der Waals surface area contributed by atoms with Gasteiger partial charge in [0.05, 0.1) is 24.2 Å². The molecule has 0 bridgehead atoms. The molecule has 0 unspecified atom stereocenters. The lowest BCUT2D eigenvalue weighted by molar-refractivity contribution is 0.0533. The molecule has 5 nitrogen and oxygen atoms in total. The average molecular weight is 346 g/mol. The highest BCUT2D eigenvalue weighted by Gasteiger charge is 2.35. The minimum Gasteiger partial charge on any atom is -0.492 e. The van der Waals surface area contributed by atoms with E-state index in [1.54, 1.807) is 6.07 Å².